The van der Waals surface area contributed by atoms with Crippen molar-refractivity contribution < 1.29 is 4.74 Å². The van der Waals surface area contributed by atoms with E-state index in [9.17, 15) is 0 Å². The van der Waals surface area contributed by atoms with Crippen molar-refractivity contribution in [1.29, 1.82) is 0 Å². The molecule has 0 radical (unpaired) electrons. The van der Waals surface area contributed by atoms with E-state index in [1.54, 1.807) is 0 Å². The highest BCUT2D eigenvalue weighted by Crippen LogP contribution is 2.44. The van der Waals surface area contributed by atoms with Gasteiger partial charge in [0, 0.05) is 30.6 Å². The number of para-hydroxylation sites is 1. The number of hydrogen-bond donors (Lipinski definition) is 0. The Morgan fingerprint density at radius 1 is 0.900 bits per heavy atom. The second kappa shape index (κ2) is 10.6. The van der Waals surface area contributed by atoms with E-state index in [1.807, 2.05) is 12.3 Å². The van der Waals surface area contributed by atoms with Crippen LogP contribution in [0.25, 0.3) is 32.4 Å². The number of rotatable bonds is 8. The lowest BCUT2D eigenvalue weighted by Gasteiger charge is -2.51. The maximum absolute atomic E-state index is 7.24. The van der Waals surface area contributed by atoms with Gasteiger partial charge < -0.3 is 4.74 Å². The normalized spacial score (nSPS) is 23.8. The number of aromatic nitrogens is 1. The third-order valence-corrected chi connectivity index (χ3v) is 9.37. The highest BCUT2D eigenvalue weighted by molar-refractivity contribution is 6.02. The predicted octanol–water partition coefficient (Wildman–Crippen LogP) is 8.29. The molecule has 3 nitrogen and oxygen atoms in total. The van der Waals surface area contributed by atoms with Gasteiger partial charge in [0.05, 0.1) is 17.7 Å². The van der Waals surface area contributed by atoms with Crippen molar-refractivity contribution in [2.24, 2.45) is 11.8 Å². The van der Waals surface area contributed by atoms with Crippen molar-refractivity contribution in [2.75, 3.05) is 13.1 Å². The molecule has 3 aliphatic heterocycles. The molecule has 3 aliphatic rings. The number of ether oxygens (including phenoxy) is 1. The van der Waals surface area contributed by atoms with E-state index in [0.717, 1.165) is 31.4 Å². The summed E-state index contributed by atoms with van der Waals surface area (Å²) in [5.74, 6) is 1.23. The number of benzene rings is 4. The van der Waals surface area contributed by atoms with Crippen molar-refractivity contribution >= 4 is 32.4 Å². The lowest BCUT2D eigenvalue weighted by atomic mass is 9.73. The predicted molar refractivity (Wildman–Crippen MR) is 166 cm³/mol. The highest BCUT2D eigenvalue weighted by Gasteiger charge is 2.43. The molecule has 1 unspecified atom stereocenters. The number of nitrogens with zero attached hydrogens (tertiary/aromatic N) is 2. The molecule has 6 atom stereocenters. The Balaban J connectivity index is 1.30. The Morgan fingerprint density at radius 2 is 1.60 bits per heavy atom. The molecule has 4 heterocycles. The van der Waals surface area contributed by atoms with Gasteiger partial charge in [-0.15, -0.1) is 13.2 Å². The Morgan fingerprint density at radius 3 is 2.27 bits per heavy atom. The molecular weight excluding hydrogens is 488 g/mol. The van der Waals surface area contributed by atoms with Gasteiger partial charge in [-0.2, -0.15) is 0 Å². The van der Waals surface area contributed by atoms with E-state index in [-0.39, 0.29) is 12.2 Å². The molecule has 5 aromatic rings. The lowest BCUT2D eigenvalue weighted by molar-refractivity contribution is -0.0899. The summed E-state index contributed by atoms with van der Waals surface area (Å²) in [4.78, 5) is 7.33. The van der Waals surface area contributed by atoms with Crippen molar-refractivity contribution in [3.8, 4) is 0 Å². The van der Waals surface area contributed by atoms with E-state index in [0.29, 0.717) is 17.9 Å². The topological polar surface area (TPSA) is 25.4 Å². The summed E-state index contributed by atoms with van der Waals surface area (Å²) in [5.41, 5.74) is 3.57. The molecule has 4 aromatic carbocycles. The van der Waals surface area contributed by atoms with Gasteiger partial charge in [0.2, 0.25) is 0 Å². The van der Waals surface area contributed by atoms with Gasteiger partial charge in [0.25, 0.3) is 0 Å². The van der Waals surface area contributed by atoms with Crippen LogP contribution >= 0.6 is 0 Å². The first kappa shape index (κ1) is 25.2. The van der Waals surface area contributed by atoms with Gasteiger partial charge in [-0.1, -0.05) is 78.9 Å². The summed E-state index contributed by atoms with van der Waals surface area (Å²) in [6, 6.07) is 30.7. The minimum Gasteiger partial charge on any atom is -0.364 e. The Labute approximate surface area is 236 Å². The van der Waals surface area contributed by atoms with Gasteiger partial charge in [-0.25, -0.2) is 0 Å². The van der Waals surface area contributed by atoms with Crippen LogP contribution in [0.15, 0.2) is 116 Å². The third kappa shape index (κ3) is 4.44. The minimum absolute atomic E-state index is 0.0781. The molecule has 40 heavy (non-hydrogen) atoms. The molecule has 3 heteroatoms. The molecule has 8 rings (SSSR count). The van der Waals surface area contributed by atoms with Crippen molar-refractivity contribution in [3.05, 3.63) is 128 Å². The average Bonchev–Trinajstić information content (AvgIpc) is 3.02. The summed E-state index contributed by atoms with van der Waals surface area (Å²) in [5, 5.41) is 6.29. The van der Waals surface area contributed by atoms with E-state index in [4.69, 9.17) is 4.74 Å². The number of piperidine rings is 3. The molecule has 0 aliphatic carbocycles. The molecule has 1 aromatic heterocycles. The van der Waals surface area contributed by atoms with Gasteiger partial charge in [-0.3, -0.25) is 9.88 Å². The Kier molecular flexibility index (Phi) is 6.71. The molecule has 0 saturated carbocycles. The van der Waals surface area contributed by atoms with Crippen LogP contribution < -0.4 is 0 Å². The van der Waals surface area contributed by atoms with Crippen LogP contribution in [-0.4, -0.2) is 35.1 Å². The Bertz CT molecular complexity index is 1650. The first-order chi connectivity index (χ1) is 19.7. The third-order valence-electron chi connectivity index (χ3n) is 9.37. The standard InChI is InChI=1S/C37H36N2O/c1-3-25-24-39-20-18-26(25)22-36(39)37(33-17-19-38-35-16-10-9-15-32(33)35)40-29(4-2)23-34-30-13-7-5-11-27(30)21-28-12-6-8-14-31(28)34/h3-17,19,21,25-26,29,36-37H,1-2,18,20,22-24H2/t25-,26-,29+,36-,37+/m0/s1. The average molecular weight is 525 g/mol. The minimum atomic E-state index is -0.136. The zero-order valence-electron chi connectivity index (χ0n) is 23.0. The van der Waals surface area contributed by atoms with Crippen molar-refractivity contribution in [2.45, 2.75) is 37.5 Å². The van der Waals surface area contributed by atoms with Gasteiger partial charge in [-0.05, 0) is 82.1 Å². The quantitative estimate of drug-likeness (QED) is 0.151. The summed E-state index contributed by atoms with van der Waals surface area (Å²) < 4.78 is 7.24. The maximum atomic E-state index is 7.24. The number of fused-ring (bicyclic) bond motifs is 6. The molecule has 0 spiro atoms. The number of pyridine rings is 1. The first-order valence-corrected chi connectivity index (χ1v) is 14.6. The fraction of sp³-hybridized carbons (Fsp3) is 0.270. The SMILES string of the molecule is C=C[C@H](Cc1c2ccccc2cc2ccccc12)O[C@H](c1ccnc2ccccc12)[C@@H]1C[C@@H]2CCN1C[C@@H]2C=C. The van der Waals surface area contributed by atoms with Crippen LogP contribution in [0.3, 0.4) is 0 Å². The fourth-order valence-electron chi connectivity index (χ4n) is 7.33. The summed E-state index contributed by atoms with van der Waals surface area (Å²) >= 11 is 0. The second-order valence-electron chi connectivity index (χ2n) is 11.5. The smallest absolute Gasteiger partial charge is 0.0995 e. The summed E-state index contributed by atoms with van der Waals surface area (Å²) in [7, 11) is 0. The van der Waals surface area contributed by atoms with Crippen LogP contribution in [0.4, 0.5) is 0 Å². The van der Waals surface area contributed by atoms with E-state index in [2.05, 4.69) is 114 Å². The molecular formula is C37H36N2O. The summed E-state index contributed by atoms with van der Waals surface area (Å²) in [6.07, 6.45) is 9.05. The monoisotopic (exact) mass is 524 g/mol. The molecule has 3 saturated heterocycles. The fourth-order valence-corrected chi connectivity index (χ4v) is 7.33. The van der Waals surface area contributed by atoms with Crippen LogP contribution in [0.2, 0.25) is 0 Å². The van der Waals surface area contributed by atoms with Gasteiger partial charge in [0.1, 0.15) is 0 Å². The van der Waals surface area contributed by atoms with E-state index >= 15 is 0 Å². The van der Waals surface area contributed by atoms with Crippen LogP contribution in [0, 0.1) is 11.8 Å². The summed E-state index contributed by atoms with van der Waals surface area (Å²) in [6.45, 7) is 10.6. The van der Waals surface area contributed by atoms with E-state index in [1.165, 1.54) is 44.5 Å². The first-order valence-electron chi connectivity index (χ1n) is 14.6. The molecule has 3 fully saturated rings. The van der Waals surface area contributed by atoms with Crippen molar-refractivity contribution in [3.63, 3.8) is 0 Å². The number of hydrogen-bond acceptors (Lipinski definition) is 3. The largest absolute Gasteiger partial charge is 0.364 e. The van der Waals surface area contributed by atoms with Gasteiger partial charge in [0.15, 0.2) is 0 Å². The van der Waals surface area contributed by atoms with Crippen LogP contribution in [0.5, 0.6) is 0 Å². The zero-order chi connectivity index (χ0) is 27.1. The zero-order valence-corrected chi connectivity index (χ0v) is 23.0. The van der Waals surface area contributed by atoms with Crippen molar-refractivity contribution in [1.82, 2.24) is 9.88 Å². The van der Waals surface area contributed by atoms with Crippen LogP contribution in [0.1, 0.15) is 30.1 Å². The molecule has 2 bridgehead atoms. The second-order valence-corrected chi connectivity index (χ2v) is 11.5. The molecule has 0 N–H and O–H groups in total. The molecule has 0 amide bonds. The highest BCUT2D eigenvalue weighted by atomic mass is 16.5. The lowest BCUT2D eigenvalue weighted by Crippen LogP contribution is -2.55. The Hall–Kier alpha value is -3.79. The van der Waals surface area contributed by atoms with E-state index < -0.39 is 0 Å². The molecule has 200 valence electrons. The van der Waals surface area contributed by atoms with Gasteiger partial charge >= 0.3 is 0 Å². The van der Waals surface area contributed by atoms with Crippen LogP contribution in [-0.2, 0) is 11.2 Å². The maximum Gasteiger partial charge on any atom is 0.0995 e.